The van der Waals surface area contributed by atoms with Crippen LogP contribution in [0.15, 0.2) is 67.0 Å². The van der Waals surface area contributed by atoms with E-state index in [-0.39, 0.29) is 25.1 Å². The predicted molar refractivity (Wildman–Crippen MR) is 108 cm³/mol. The number of amides is 1. The minimum atomic E-state index is -4.56. The number of benzene rings is 2. The summed E-state index contributed by atoms with van der Waals surface area (Å²) in [6.45, 7) is 0.745. The highest BCUT2D eigenvalue weighted by Crippen LogP contribution is 2.38. The molecule has 1 N–H and O–H groups in total. The molecule has 0 spiro atoms. The van der Waals surface area contributed by atoms with E-state index in [1.165, 1.54) is 12.3 Å². The number of nitrogens with one attached hydrogen (secondary N) is 1. The Kier molecular flexibility index (Phi) is 5.77. The van der Waals surface area contributed by atoms with Crippen LogP contribution in [0.2, 0.25) is 0 Å². The van der Waals surface area contributed by atoms with Crippen molar-refractivity contribution in [2.24, 2.45) is 0 Å². The van der Waals surface area contributed by atoms with Gasteiger partial charge in [0.15, 0.2) is 0 Å². The van der Waals surface area contributed by atoms with Crippen molar-refractivity contribution >= 4 is 5.91 Å². The number of likely N-dealkylation sites (tertiary alicyclic amines) is 1. The Morgan fingerprint density at radius 2 is 1.84 bits per heavy atom. The Bertz CT molecular complexity index is 1020. The summed E-state index contributed by atoms with van der Waals surface area (Å²) in [6.07, 6.45) is -1.55. The summed E-state index contributed by atoms with van der Waals surface area (Å²) >= 11 is 0. The summed E-state index contributed by atoms with van der Waals surface area (Å²) in [4.78, 5) is 14.5. The standard InChI is InChI=1S/C22H22F3N5O/c23-22(24,25)21(9-11-29(16-21)14-17-5-2-1-3-6-17)27-20(31)19-8-4-7-18(13-19)15-30-12-10-26-28-30/h1-8,10,12-13H,9,11,14-16H2,(H,27,31). The van der Waals surface area contributed by atoms with Crippen LogP contribution in [0, 0.1) is 0 Å². The van der Waals surface area contributed by atoms with E-state index in [9.17, 15) is 18.0 Å². The van der Waals surface area contributed by atoms with Crippen LogP contribution in [-0.4, -0.2) is 50.6 Å². The van der Waals surface area contributed by atoms with Gasteiger partial charge in [-0.2, -0.15) is 13.2 Å². The molecule has 1 amide bonds. The minimum absolute atomic E-state index is 0.183. The molecule has 1 aromatic heterocycles. The van der Waals surface area contributed by atoms with Crippen LogP contribution in [0.5, 0.6) is 0 Å². The lowest BCUT2D eigenvalue weighted by Crippen LogP contribution is -2.60. The van der Waals surface area contributed by atoms with Gasteiger partial charge in [-0.15, -0.1) is 5.10 Å². The van der Waals surface area contributed by atoms with Gasteiger partial charge in [0, 0.05) is 31.4 Å². The normalized spacial score (nSPS) is 19.5. The molecule has 31 heavy (non-hydrogen) atoms. The number of nitrogens with zero attached hydrogens (tertiary/aromatic N) is 4. The Morgan fingerprint density at radius 3 is 2.55 bits per heavy atom. The first-order valence-electron chi connectivity index (χ1n) is 9.93. The first kappa shape index (κ1) is 21.0. The second kappa shape index (κ2) is 8.50. The highest BCUT2D eigenvalue weighted by atomic mass is 19.4. The summed E-state index contributed by atoms with van der Waals surface area (Å²) in [5, 5.41) is 9.90. The first-order valence-corrected chi connectivity index (χ1v) is 9.93. The molecule has 1 aliphatic rings. The zero-order chi connectivity index (χ0) is 21.9. The highest BCUT2D eigenvalue weighted by molar-refractivity contribution is 5.95. The van der Waals surface area contributed by atoms with E-state index in [0.29, 0.717) is 13.1 Å². The molecule has 0 radical (unpaired) electrons. The van der Waals surface area contributed by atoms with E-state index < -0.39 is 17.6 Å². The lowest BCUT2D eigenvalue weighted by molar-refractivity contribution is -0.189. The number of carbonyl (C=O) groups excluding carboxylic acids is 1. The summed E-state index contributed by atoms with van der Waals surface area (Å²) in [6, 6.07) is 15.9. The number of aromatic nitrogens is 3. The van der Waals surface area contributed by atoms with E-state index >= 15 is 0 Å². The molecule has 6 nitrogen and oxygen atoms in total. The van der Waals surface area contributed by atoms with Crippen molar-refractivity contribution in [1.82, 2.24) is 25.2 Å². The molecule has 0 aliphatic carbocycles. The zero-order valence-corrected chi connectivity index (χ0v) is 16.7. The maximum Gasteiger partial charge on any atom is 0.412 e. The third-order valence-electron chi connectivity index (χ3n) is 5.50. The molecule has 2 aromatic carbocycles. The largest absolute Gasteiger partial charge is 0.412 e. The molecule has 2 heterocycles. The molecule has 9 heteroatoms. The third-order valence-corrected chi connectivity index (χ3v) is 5.50. The fraction of sp³-hybridized carbons (Fsp3) is 0.318. The SMILES string of the molecule is O=C(NC1(C(F)(F)F)CCN(Cc2ccccc2)C1)c1cccc(Cn2ccnn2)c1. The van der Waals surface area contributed by atoms with E-state index in [1.807, 2.05) is 30.3 Å². The molecule has 0 saturated carbocycles. The van der Waals surface area contributed by atoms with Gasteiger partial charge in [-0.3, -0.25) is 9.69 Å². The van der Waals surface area contributed by atoms with E-state index in [1.54, 1.807) is 34.0 Å². The number of hydrogen-bond acceptors (Lipinski definition) is 4. The number of carbonyl (C=O) groups is 1. The van der Waals surface area contributed by atoms with Gasteiger partial charge in [-0.1, -0.05) is 47.7 Å². The average Bonchev–Trinajstić information content (AvgIpc) is 3.39. The molecule has 1 atom stereocenters. The molecule has 3 aromatic rings. The van der Waals surface area contributed by atoms with Crippen LogP contribution < -0.4 is 5.32 Å². The van der Waals surface area contributed by atoms with Gasteiger partial charge in [0.05, 0.1) is 12.7 Å². The second-order valence-electron chi connectivity index (χ2n) is 7.78. The van der Waals surface area contributed by atoms with E-state index in [0.717, 1.165) is 11.1 Å². The highest BCUT2D eigenvalue weighted by Gasteiger charge is 2.58. The van der Waals surface area contributed by atoms with Crippen molar-refractivity contribution in [2.75, 3.05) is 13.1 Å². The molecular formula is C22H22F3N5O. The smallest absolute Gasteiger partial charge is 0.337 e. The Balaban J connectivity index is 1.49. The van der Waals surface area contributed by atoms with E-state index in [4.69, 9.17) is 0 Å². The summed E-state index contributed by atoms with van der Waals surface area (Å²) in [5.74, 6) is -0.737. The molecule has 4 rings (SSSR count). The lowest BCUT2D eigenvalue weighted by Gasteiger charge is -2.33. The third kappa shape index (κ3) is 4.77. The van der Waals surface area contributed by atoms with Crippen LogP contribution in [0.3, 0.4) is 0 Å². The van der Waals surface area contributed by atoms with Crippen LogP contribution >= 0.6 is 0 Å². The quantitative estimate of drug-likeness (QED) is 0.654. The summed E-state index contributed by atoms with van der Waals surface area (Å²) in [7, 11) is 0. The van der Waals surface area contributed by atoms with Gasteiger partial charge in [-0.05, 0) is 29.7 Å². The van der Waals surface area contributed by atoms with Gasteiger partial charge >= 0.3 is 6.18 Å². The first-order chi connectivity index (χ1) is 14.8. The number of halogens is 3. The number of rotatable bonds is 6. The van der Waals surface area contributed by atoms with Crippen molar-refractivity contribution in [3.8, 4) is 0 Å². The topological polar surface area (TPSA) is 63.1 Å². The van der Waals surface area contributed by atoms with Crippen LogP contribution in [0.1, 0.15) is 27.9 Å². The number of hydrogen-bond donors (Lipinski definition) is 1. The molecule has 1 aliphatic heterocycles. The van der Waals surface area contributed by atoms with Crippen LogP contribution in [-0.2, 0) is 13.1 Å². The Hall–Kier alpha value is -3.20. The van der Waals surface area contributed by atoms with Crippen LogP contribution in [0.4, 0.5) is 13.2 Å². The van der Waals surface area contributed by atoms with Gasteiger partial charge < -0.3 is 5.32 Å². The van der Waals surface area contributed by atoms with Crippen LogP contribution in [0.25, 0.3) is 0 Å². The van der Waals surface area contributed by atoms with Gasteiger partial charge in [-0.25, -0.2) is 4.68 Å². The second-order valence-corrected chi connectivity index (χ2v) is 7.78. The van der Waals surface area contributed by atoms with Gasteiger partial charge in [0.2, 0.25) is 0 Å². The van der Waals surface area contributed by atoms with E-state index in [2.05, 4.69) is 15.6 Å². The molecule has 162 valence electrons. The zero-order valence-electron chi connectivity index (χ0n) is 16.7. The average molecular weight is 429 g/mol. The summed E-state index contributed by atoms with van der Waals surface area (Å²) in [5.41, 5.74) is -0.410. The Labute approximate surface area is 177 Å². The van der Waals surface area contributed by atoms with Crippen molar-refractivity contribution in [3.05, 3.63) is 83.7 Å². The fourth-order valence-corrected chi connectivity index (χ4v) is 3.87. The van der Waals surface area contributed by atoms with Gasteiger partial charge in [0.1, 0.15) is 5.54 Å². The lowest BCUT2D eigenvalue weighted by atomic mass is 9.96. The molecule has 1 saturated heterocycles. The molecular weight excluding hydrogens is 407 g/mol. The van der Waals surface area contributed by atoms with Crippen molar-refractivity contribution in [1.29, 1.82) is 0 Å². The fourth-order valence-electron chi connectivity index (χ4n) is 3.87. The molecule has 1 fully saturated rings. The monoisotopic (exact) mass is 429 g/mol. The van der Waals surface area contributed by atoms with Crippen molar-refractivity contribution in [2.45, 2.75) is 31.2 Å². The molecule has 1 unspecified atom stereocenters. The molecule has 0 bridgehead atoms. The maximum atomic E-state index is 14.1. The maximum absolute atomic E-state index is 14.1. The van der Waals surface area contributed by atoms with Crippen molar-refractivity contribution < 1.29 is 18.0 Å². The number of alkyl halides is 3. The minimum Gasteiger partial charge on any atom is -0.337 e. The van der Waals surface area contributed by atoms with Gasteiger partial charge in [0.25, 0.3) is 5.91 Å². The summed E-state index contributed by atoms with van der Waals surface area (Å²) < 4.78 is 43.8. The predicted octanol–water partition coefficient (Wildman–Crippen LogP) is 3.26. The van der Waals surface area contributed by atoms with Crippen molar-refractivity contribution in [3.63, 3.8) is 0 Å². The Morgan fingerprint density at radius 1 is 1.06 bits per heavy atom.